The highest BCUT2D eigenvalue weighted by atomic mass is 32.1. The topological polar surface area (TPSA) is 96.6 Å². The lowest BCUT2D eigenvalue weighted by molar-refractivity contribution is -0.143. The molecule has 0 saturated heterocycles. The van der Waals surface area contributed by atoms with Gasteiger partial charge in [0.2, 0.25) is 4.96 Å². The zero-order valence-corrected chi connectivity index (χ0v) is 12.2. The molecule has 1 saturated carbocycles. The van der Waals surface area contributed by atoms with Gasteiger partial charge in [-0.25, -0.2) is 4.98 Å². The molecule has 2 aromatic rings. The lowest BCUT2D eigenvalue weighted by Gasteiger charge is -2.27. The minimum atomic E-state index is -0.719. The van der Waals surface area contributed by atoms with Crippen LogP contribution in [0, 0.1) is 5.92 Å². The lowest BCUT2D eigenvalue weighted by Crippen LogP contribution is -2.36. The summed E-state index contributed by atoms with van der Waals surface area (Å²) < 4.78 is 1.27. The Morgan fingerprint density at radius 2 is 2.38 bits per heavy atom. The van der Waals surface area contributed by atoms with Gasteiger partial charge in [0.05, 0.1) is 11.6 Å². The van der Waals surface area contributed by atoms with Crippen LogP contribution >= 0.6 is 11.3 Å². The number of carboxylic acids is 1. The van der Waals surface area contributed by atoms with Crippen LogP contribution in [0.25, 0.3) is 4.96 Å². The van der Waals surface area contributed by atoms with E-state index in [2.05, 4.69) is 15.4 Å². The second-order valence-corrected chi connectivity index (χ2v) is 6.11. The van der Waals surface area contributed by atoms with Gasteiger partial charge in [0, 0.05) is 18.7 Å². The van der Waals surface area contributed by atoms with E-state index in [1.54, 1.807) is 5.51 Å². The molecule has 8 heteroatoms. The van der Waals surface area contributed by atoms with Crippen molar-refractivity contribution in [2.75, 3.05) is 0 Å². The summed E-state index contributed by atoms with van der Waals surface area (Å²) in [5, 5.41) is 16.3. The number of aliphatic carboxylic acids is 1. The summed E-state index contributed by atoms with van der Waals surface area (Å²) >= 11 is 1.32. The quantitative estimate of drug-likeness (QED) is 0.870. The van der Waals surface area contributed by atoms with E-state index in [4.69, 9.17) is 5.11 Å². The predicted octanol–water partition coefficient (Wildman–Crippen LogP) is 0.884. The van der Waals surface area contributed by atoms with E-state index in [0.29, 0.717) is 23.6 Å². The molecule has 0 aliphatic heterocycles. The normalized spacial score (nSPS) is 22.5. The molecule has 0 amide bonds. The summed E-state index contributed by atoms with van der Waals surface area (Å²) in [4.78, 5) is 27.8. The first-order chi connectivity index (χ1) is 10.1. The highest BCUT2D eigenvalue weighted by Gasteiger charge is 2.26. The molecule has 1 aliphatic carbocycles. The molecule has 7 nitrogen and oxygen atoms in total. The molecule has 112 valence electrons. The fraction of sp³-hybridized carbons (Fsp3) is 0.538. The van der Waals surface area contributed by atoms with Crippen LogP contribution in [0.2, 0.25) is 0 Å². The Kier molecular flexibility index (Phi) is 3.98. The van der Waals surface area contributed by atoms with Crippen molar-refractivity contribution in [2.45, 2.75) is 38.3 Å². The third kappa shape index (κ3) is 3.11. The third-order valence-electron chi connectivity index (χ3n) is 3.84. The fourth-order valence-corrected chi connectivity index (χ4v) is 3.38. The number of rotatable bonds is 4. The van der Waals surface area contributed by atoms with E-state index in [0.717, 1.165) is 19.3 Å². The molecule has 3 rings (SSSR count). The van der Waals surface area contributed by atoms with Crippen molar-refractivity contribution in [1.29, 1.82) is 0 Å². The van der Waals surface area contributed by atoms with Crippen molar-refractivity contribution < 1.29 is 9.90 Å². The molecule has 2 heterocycles. The maximum atomic E-state index is 11.8. The van der Waals surface area contributed by atoms with Gasteiger partial charge >= 0.3 is 5.97 Å². The van der Waals surface area contributed by atoms with Crippen LogP contribution in [0.4, 0.5) is 0 Å². The van der Waals surface area contributed by atoms with Crippen LogP contribution in [0.1, 0.15) is 31.4 Å². The van der Waals surface area contributed by atoms with Crippen LogP contribution < -0.4 is 10.9 Å². The standard InChI is InChI=1S/C13H16N4O3S/c18-11-5-10(16-13-17(11)15-7-21-13)6-14-9-3-1-2-8(4-9)12(19)20/h5,7-9,14H,1-4,6H2,(H,19,20). The first-order valence-electron chi connectivity index (χ1n) is 6.92. The number of hydrogen-bond donors (Lipinski definition) is 2. The van der Waals surface area contributed by atoms with E-state index in [9.17, 15) is 9.59 Å². The maximum Gasteiger partial charge on any atom is 0.306 e. The Morgan fingerprint density at radius 1 is 1.52 bits per heavy atom. The number of nitrogens with zero attached hydrogens (tertiary/aromatic N) is 3. The minimum Gasteiger partial charge on any atom is -0.481 e. The van der Waals surface area contributed by atoms with Crippen molar-refractivity contribution >= 4 is 22.3 Å². The molecule has 2 atom stereocenters. The van der Waals surface area contributed by atoms with Gasteiger partial charge in [-0.3, -0.25) is 9.59 Å². The molecule has 2 N–H and O–H groups in total. The first kappa shape index (κ1) is 14.2. The summed E-state index contributed by atoms with van der Waals surface area (Å²) in [6.45, 7) is 0.473. The van der Waals surface area contributed by atoms with Crippen molar-refractivity contribution in [3.8, 4) is 0 Å². The molecule has 0 aromatic carbocycles. The van der Waals surface area contributed by atoms with Crippen molar-refractivity contribution in [3.05, 3.63) is 27.6 Å². The minimum absolute atomic E-state index is 0.168. The number of aromatic nitrogens is 3. The number of carbonyl (C=O) groups is 1. The van der Waals surface area contributed by atoms with E-state index in [-0.39, 0.29) is 17.5 Å². The fourth-order valence-electron chi connectivity index (χ4n) is 2.74. The van der Waals surface area contributed by atoms with Crippen molar-refractivity contribution in [1.82, 2.24) is 19.9 Å². The number of fused-ring (bicyclic) bond motifs is 1. The first-order valence-corrected chi connectivity index (χ1v) is 7.80. The van der Waals surface area contributed by atoms with E-state index in [1.165, 1.54) is 21.9 Å². The Labute approximate surface area is 124 Å². The Balaban J connectivity index is 1.66. The smallest absolute Gasteiger partial charge is 0.306 e. The van der Waals surface area contributed by atoms with E-state index >= 15 is 0 Å². The van der Waals surface area contributed by atoms with Gasteiger partial charge in [0.1, 0.15) is 5.51 Å². The second kappa shape index (κ2) is 5.90. The average Bonchev–Trinajstić information content (AvgIpc) is 2.94. The maximum absolute atomic E-state index is 11.8. The SMILES string of the molecule is O=C(O)C1CCCC(NCc2cc(=O)n3ncsc3n2)C1. The summed E-state index contributed by atoms with van der Waals surface area (Å²) in [6.07, 6.45) is 3.27. The van der Waals surface area contributed by atoms with Crippen LogP contribution in [0.5, 0.6) is 0 Å². The van der Waals surface area contributed by atoms with Gasteiger partial charge in [-0.2, -0.15) is 9.61 Å². The molecule has 0 spiro atoms. The van der Waals surface area contributed by atoms with Gasteiger partial charge in [0.25, 0.3) is 5.56 Å². The third-order valence-corrected chi connectivity index (χ3v) is 4.51. The van der Waals surface area contributed by atoms with E-state index in [1.807, 2.05) is 0 Å². The average molecular weight is 308 g/mol. The highest BCUT2D eigenvalue weighted by molar-refractivity contribution is 7.14. The van der Waals surface area contributed by atoms with Crippen LogP contribution in [-0.4, -0.2) is 31.7 Å². The molecule has 2 aromatic heterocycles. The van der Waals surface area contributed by atoms with Crippen molar-refractivity contribution in [3.63, 3.8) is 0 Å². The lowest BCUT2D eigenvalue weighted by atomic mass is 9.86. The Morgan fingerprint density at radius 3 is 3.19 bits per heavy atom. The van der Waals surface area contributed by atoms with Crippen molar-refractivity contribution in [2.24, 2.45) is 5.92 Å². The molecular weight excluding hydrogens is 292 g/mol. The zero-order valence-electron chi connectivity index (χ0n) is 11.4. The van der Waals surface area contributed by atoms with E-state index < -0.39 is 5.97 Å². The molecule has 21 heavy (non-hydrogen) atoms. The summed E-state index contributed by atoms with van der Waals surface area (Å²) in [6, 6.07) is 1.64. The Bertz CT molecular complexity index is 711. The molecule has 1 fully saturated rings. The largest absolute Gasteiger partial charge is 0.481 e. The van der Waals surface area contributed by atoms with Gasteiger partial charge in [-0.05, 0) is 19.3 Å². The second-order valence-electron chi connectivity index (χ2n) is 5.30. The molecule has 0 bridgehead atoms. The zero-order chi connectivity index (χ0) is 14.8. The van der Waals surface area contributed by atoms with Gasteiger partial charge in [-0.1, -0.05) is 17.8 Å². The van der Waals surface area contributed by atoms with Crippen LogP contribution in [-0.2, 0) is 11.3 Å². The monoisotopic (exact) mass is 308 g/mol. The van der Waals surface area contributed by atoms with Gasteiger partial charge in [-0.15, -0.1) is 0 Å². The number of nitrogens with one attached hydrogen (secondary N) is 1. The van der Waals surface area contributed by atoms with Crippen LogP contribution in [0.3, 0.4) is 0 Å². The van der Waals surface area contributed by atoms with Crippen LogP contribution in [0.15, 0.2) is 16.4 Å². The summed E-state index contributed by atoms with van der Waals surface area (Å²) in [7, 11) is 0. The summed E-state index contributed by atoms with van der Waals surface area (Å²) in [5.74, 6) is -0.984. The molecule has 0 radical (unpaired) electrons. The van der Waals surface area contributed by atoms with Gasteiger partial charge < -0.3 is 10.4 Å². The molecular formula is C13H16N4O3S. The Hall–Kier alpha value is -1.80. The number of carboxylic acid groups (broad SMARTS) is 1. The van der Waals surface area contributed by atoms with Gasteiger partial charge in [0.15, 0.2) is 0 Å². The summed E-state index contributed by atoms with van der Waals surface area (Å²) in [5.41, 5.74) is 2.06. The highest BCUT2D eigenvalue weighted by Crippen LogP contribution is 2.24. The molecule has 1 aliphatic rings. The number of hydrogen-bond acceptors (Lipinski definition) is 6. The predicted molar refractivity (Wildman–Crippen MR) is 77.4 cm³/mol. The molecule has 2 unspecified atom stereocenters.